The van der Waals surface area contributed by atoms with Crippen LogP contribution >= 0.6 is 0 Å². The molecule has 0 fully saturated rings. The Morgan fingerprint density at radius 2 is 1.86 bits per heavy atom. The fourth-order valence-electron chi connectivity index (χ4n) is 1.15. The molecule has 1 aromatic rings. The Morgan fingerprint density at radius 1 is 1.21 bits per heavy atom. The summed E-state index contributed by atoms with van der Waals surface area (Å²) in [5, 5.41) is 0. The maximum Gasteiger partial charge on any atom is 0.235 e. The second-order valence-electron chi connectivity index (χ2n) is 3.51. The van der Waals surface area contributed by atoms with E-state index in [1.54, 1.807) is 6.07 Å². The van der Waals surface area contributed by atoms with Gasteiger partial charge in [-0.05, 0) is 23.6 Å². The second-order valence-corrected chi connectivity index (χ2v) is 3.51. The first-order chi connectivity index (χ1) is 6.50. The topological polar surface area (TPSA) is 9.23 Å². The summed E-state index contributed by atoms with van der Waals surface area (Å²) in [6.45, 7) is 5.15. The molecular weight excluding hydrogens is 186 g/mol. The summed E-state index contributed by atoms with van der Waals surface area (Å²) in [5.41, 5.74) is 0.876. The minimum absolute atomic E-state index is 0.0376. The van der Waals surface area contributed by atoms with Gasteiger partial charge in [-0.15, -0.1) is 0 Å². The number of alkyl halides is 1. The summed E-state index contributed by atoms with van der Waals surface area (Å²) in [4.78, 5) is 0. The lowest BCUT2D eigenvalue weighted by Gasteiger charge is -2.10. The molecule has 0 amide bonds. The highest BCUT2D eigenvalue weighted by Gasteiger charge is 2.09. The van der Waals surface area contributed by atoms with Crippen LogP contribution in [0.5, 0.6) is 5.75 Å². The lowest BCUT2D eigenvalue weighted by atomic mass is 10.0. The van der Waals surface area contributed by atoms with Crippen LogP contribution in [-0.2, 0) is 0 Å². The Balaban J connectivity index is 2.90. The lowest BCUT2D eigenvalue weighted by molar-refractivity contribution is 0.0814. The molecule has 0 aliphatic carbocycles. The number of rotatable bonds is 3. The number of halogens is 2. The predicted octanol–water partition coefficient (Wildman–Crippen LogP) is 3.64. The van der Waals surface area contributed by atoms with Crippen molar-refractivity contribution < 1.29 is 13.5 Å². The molecule has 1 unspecified atom stereocenters. The van der Waals surface area contributed by atoms with E-state index in [1.807, 2.05) is 13.8 Å². The predicted molar refractivity (Wildman–Crippen MR) is 51.7 cm³/mol. The largest absolute Gasteiger partial charge is 0.458 e. The minimum Gasteiger partial charge on any atom is -0.458 e. The van der Waals surface area contributed by atoms with Gasteiger partial charge >= 0.3 is 0 Å². The molecule has 0 N–H and O–H groups in total. The van der Waals surface area contributed by atoms with Crippen molar-refractivity contribution in [3.05, 3.63) is 29.6 Å². The maximum atomic E-state index is 13.3. The molecule has 0 aromatic heterocycles. The van der Waals surface area contributed by atoms with Gasteiger partial charge in [0, 0.05) is 6.92 Å². The first kappa shape index (κ1) is 11.0. The maximum absolute atomic E-state index is 13.3. The van der Waals surface area contributed by atoms with Gasteiger partial charge in [0.2, 0.25) is 6.36 Å². The van der Waals surface area contributed by atoms with Crippen LogP contribution in [-0.4, -0.2) is 6.36 Å². The van der Waals surface area contributed by atoms with E-state index >= 15 is 0 Å². The van der Waals surface area contributed by atoms with Crippen molar-refractivity contribution in [1.82, 2.24) is 0 Å². The number of hydrogen-bond acceptors (Lipinski definition) is 1. The normalized spacial score (nSPS) is 13.0. The SMILES string of the molecule is CC(F)Oc1ccc(C(C)C)cc1F. The van der Waals surface area contributed by atoms with E-state index in [1.165, 1.54) is 19.1 Å². The molecule has 0 aliphatic rings. The van der Waals surface area contributed by atoms with Gasteiger partial charge in [-0.25, -0.2) is 8.78 Å². The van der Waals surface area contributed by atoms with E-state index < -0.39 is 12.2 Å². The third-order valence-electron chi connectivity index (χ3n) is 1.91. The van der Waals surface area contributed by atoms with Crippen LogP contribution in [0.15, 0.2) is 18.2 Å². The molecule has 1 rings (SSSR count). The second kappa shape index (κ2) is 4.40. The molecule has 0 saturated carbocycles. The van der Waals surface area contributed by atoms with Gasteiger partial charge in [0.1, 0.15) is 0 Å². The Labute approximate surface area is 82.7 Å². The third kappa shape index (κ3) is 2.69. The summed E-state index contributed by atoms with van der Waals surface area (Å²) < 4.78 is 30.4. The molecule has 0 saturated heterocycles. The highest BCUT2D eigenvalue weighted by atomic mass is 19.1. The quantitative estimate of drug-likeness (QED) is 0.723. The van der Waals surface area contributed by atoms with Crippen LogP contribution in [0.25, 0.3) is 0 Å². The number of hydrogen-bond donors (Lipinski definition) is 0. The van der Waals surface area contributed by atoms with Gasteiger partial charge in [0.15, 0.2) is 11.6 Å². The van der Waals surface area contributed by atoms with Crippen LogP contribution in [0, 0.1) is 5.82 Å². The summed E-state index contributed by atoms with van der Waals surface area (Å²) in [6.07, 6.45) is -1.49. The molecule has 1 atom stereocenters. The average molecular weight is 200 g/mol. The molecule has 1 aromatic carbocycles. The highest BCUT2D eigenvalue weighted by Crippen LogP contribution is 2.23. The van der Waals surface area contributed by atoms with E-state index in [4.69, 9.17) is 0 Å². The number of benzene rings is 1. The van der Waals surface area contributed by atoms with Gasteiger partial charge in [0.05, 0.1) is 0 Å². The standard InChI is InChI=1S/C11H14F2O/c1-7(2)9-4-5-11(10(13)6-9)14-8(3)12/h4-8H,1-3H3. The van der Waals surface area contributed by atoms with Crippen molar-refractivity contribution in [3.8, 4) is 5.75 Å². The molecule has 78 valence electrons. The monoisotopic (exact) mass is 200 g/mol. The van der Waals surface area contributed by atoms with Crippen molar-refractivity contribution in [3.63, 3.8) is 0 Å². The summed E-state index contributed by atoms with van der Waals surface area (Å²) >= 11 is 0. The van der Waals surface area contributed by atoms with Crippen LogP contribution in [0.4, 0.5) is 8.78 Å². The molecule has 14 heavy (non-hydrogen) atoms. The zero-order valence-electron chi connectivity index (χ0n) is 8.55. The molecule has 1 nitrogen and oxygen atoms in total. The summed E-state index contributed by atoms with van der Waals surface area (Å²) in [5.74, 6) is -0.300. The van der Waals surface area contributed by atoms with Gasteiger partial charge < -0.3 is 4.74 Å². The first-order valence-electron chi connectivity index (χ1n) is 4.61. The Hall–Kier alpha value is -1.12. The van der Waals surface area contributed by atoms with Crippen molar-refractivity contribution in [2.75, 3.05) is 0 Å². The van der Waals surface area contributed by atoms with Crippen molar-refractivity contribution in [2.24, 2.45) is 0 Å². The zero-order chi connectivity index (χ0) is 10.7. The van der Waals surface area contributed by atoms with E-state index in [0.717, 1.165) is 5.56 Å². The highest BCUT2D eigenvalue weighted by molar-refractivity contribution is 5.30. The third-order valence-corrected chi connectivity index (χ3v) is 1.91. The van der Waals surface area contributed by atoms with E-state index in [2.05, 4.69) is 4.74 Å². The average Bonchev–Trinajstić information content (AvgIpc) is 2.07. The van der Waals surface area contributed by atoms with E-state index in [0.29, 0.717) is 0 Å². The lowest BCUT2D eigenvalue weighted by Crippen LogP contribution is -2.05. The number of ether oxygens (including phenoxy) is 1. The molecule has 0 radical (unpaired) electrons. The minimum atomic E-state index is -1.49. The molecule has 3 heteroatoms. The van der Waals surface area contributed by atoms with E-state index in [9.17, 15) is 8.78 Å². The Bertz CT molecular complexity index is 308. The van der Waals surface area contributed by atoms with Crippen LogP contribution < -0.4 is 4.74 Å². The van der Waals surface area contributed by atoms with Crippen molar-refractivity contribution in [1.29, 1.82) is 0 Å². The zero-order valence-corrected chi connectivity index (χ0v) is 8.55. The van der Waals surface area contributed by atoms with Gasteiger partial charge in [-0.3, -0.25) is 0 Å². The molecule has 0 bridgehead atoms. The fraction of sp³-hybridized carbons (Fsp3) is 0.455. The van der Waals surface area contributed by atoms with Crippen LogP contribution in [0.3, 0.4) is 0 Å². The molecule has 0 aliphatic heterocycles. The van der Waals surface area contributed by atoms with Crippen molar-refractivity contribution in [2.45, 2.75) is 33.0 Å². The summed E-state index contributed by atoms with van der Waals surface area (Å²) in [7, 11) is 0. The smallest absolute Gasteiger partial charge is 0.235 e. The van der Waals surface area contributed by atoms with Gasteiger partial charge in [0.25, 0.3) is 0 Å². The Kier molecular flexibility index (Phi) is 3.44. The van der Waals surface area contributed by atoms with Gasteiger partial charge in [-0.2, -0.15) is 0 Å². The fourth-order valence-corrected chi connectivity index (χ4v) is 1.15. The molecular formula is C11H14F2O. The molecule has 0 heterocycles. The van der Waals surface area contributed by atoms with Crippen LogP contribution in [0.1, 0.15) is 32.3 Å². The van der Waals surface area contributed by atoms with Crippen LogP contribution in [0.2, 0.25) is 0 Å². The first-order valence-corrected chi connectivity index (χ1v) is 4.61. The van der Waals surface area contributed by atoms with Gasteiger partial charge in [-0.1, -0.05) is 19.9 Å². The molecule has 0 spiro atoms. The summed E-state index contributed by atoms with van der Waals surface area (Å²) in [6, 6.07) is 4.58. The Morgan fingerprint density at radius 3 is 2.29 bits per heavy atom. The van der Waals surface area contributed by atoms with Crippen molar-refractivity contribution >= 4 is 0 Å². The van der Waals surface area contributed by atoms with E-state index in [-0.39, 0.29) is 11.7 Å².